The molecule has 0 aromatic heterocycles. The molecule has 2 aromatic carbocycles. The number of hydrogen-bond acceptors (Lipinski definition) is 1. The summed E-state index contributed by atoms with van der Waals surface area (Å²) in [6.45, 7) is 0. The second kappa shape index (κ2) is 7.41. The highest BCUT2D eigenvalue weighted by molar-refractivity contribution is 7.80. The standard InChI is InChI=1S/C13H12.CH4N2S/c1-3-7-12(8-4-1)11-13-9-5-2-6-10-13;2-1(3)4/h1-10H,11H2;(H4,2,3,4). The van der Waals surface area contributed by atoms with Gasteiger partial charge in [-0.05, 0) is 29.8 Å². The van der Waals surface area contributed by atoms with E-state index in [-0.39, 0.29) is 5.11 Å². The van der Waals surface area contributed by atoms with Crippen molar-refractivity contribution in [2.24, 2.45) is 11.5 Å². The van der Waals surface area contributed by atoms with E-state index in [9.17, 15) is 0 Å². The van der Waals surface area contributed by atoms with Crippen molar-refractivity contribution >= 4 is 17.3 Å². The van der Waals surface area contributed by atoms with Crippen LogP contribution in [0.4, 0.5) is 0 Å². The van der Waals surface area contributed by atoms with Gasteiger partial charge in [-0.3, -0.25) is 0 Å². The van der Waals surface area contributed by atoms with Gasteiger partial charge in [0.1, 0.15) is 0 Å². The lowest BCUT2D eigenvalue weighted by atomic mass is 10.1. The second-order valence-electron chi connectivity index (χ2n) is 3.55. The fourth-order valence-corrected chi connectivity index (χ4v) is 1.43. The number of benzene rings is 2. The van der Waals surface area contributed by atoms with Crippen molar-refractivity contribution in [1.82, 2.24) is 0 Å². The lowest BCUT2D eigenvalue weighted by Crippen LogP contribution is -2.18. The summed E-state index contributed by atoms with van der Waals surface area (Å²) in [5.74, 6) is 0. The fraction of sp³-hybridized carbons (Fsp3) is 0.0714. The molecule has 0 aliphatic heterocycles. The van der Waals surface area contributed by atoms with Crippen LogP contribution in [0.3, 0.4) is 0 Å². The minimum absolute atomic E-state index is 0.000000000000000222. The first-order valence-corrected chi connectivity index (χ1v) is 5.72. The van der Waals surface area contributed by atoms with Gasteiger partial charge in [0.25, 0.3) is 0 Å². The summed E-state index contributed by atoms with van der Waals surface area (Å²) in [6.07, 6.45) is 1.03. The summed E-state index contributed by atoms with van der Waals surface area (Å²) in [7, 11) is 0. The molecule has 0 amide bonds. The summed E-state index contributed by atoms with van der Waals surface area (Å²) in [5, 5.41) is 0.000000000000000222. The van der Waals surface area contributed by atoms with E-state index in [1.165, 1.54) is 11.1 Å². The van der Waals surface area contributed by atoms with E-state index < -0.39 is 0 Å². The molecule has 2 rings (SSSR count). The minimum atomic E-state index is 0.000000000000000222. The van der Waals surface area contributed by atoms with Crippen molar-refractivity contribution in [3.63, 3.8) is 0 Å². The Balaban J connectivity index is 0.000000317. The van der Waals surface area contributed by atoms with Crippen molar-refractivity contribution in [2.45, 2.75) is 6.42 Å². The zero-order valence-corrected chi connectivity index (χ0v) is 10.4. The monoisotopic (exact) mass is 244 g/mol. The molecule has 0 unspecified atom stereocenters. The third-order valence-corrected chi connectivity index (χ3v) is 2.09. The Bertz CT molecular complexity index is 399. The third kappa shape index (κ3) is 6.33. The minimum Gasteiger partial charge on any atom is -0.377 e. The zero-order valence-electron chi connectivity index (χ0n) is 9.54. The lowest BCUT2D eigenvalue weighted by molar-refractivity contribution is 1.19. The largest absolute Gasteiger partial charge is 0.377 e. The molecule has 88 valence electrons. The Kier molecular flexibility index (Phi) is 5.75. The molecule has 0 aliphatic rings. The molecule has 0 saturated heterocycles. The van der Waals surface area contributed by atoms with Crippen LogP contribution < -0.4 is 11.5 Å². The van der Waals surface area contributed by atoms with Crippen molar-refractivity contribution in [2.75, 3.05) is 0 Å². The van der Waals surface area contributed by atoms with E-state index in [2.05, 4.69) is 84.3 Å². The average molecular weight is 244 g/mol. The van der Waals surface area contributed by atoms with Gasteiger partial charge in [-0.1, -0.05) is 60.7 Å². The number of hydrogen-bond donors (Lipinski definition) is 2. The smallest absolute Gasteiger partial charge is 0.160 e. The lowest BCUT2D eigenvalue weighted by Gasteiger charge is -2.00. The molecular formula is C14H16N2S. The fourth-order valence-electron chi connectivity index (χ4n) is 1.43. The predicted molar refractivity (Wildman–Crippen MR) is 76.7 cm³/mol. The van der Waals surface area contributed by atoms with Crippen molar-refractivity contribution < 1.29 is 0 Å². The molecule has 0 aliphatic carbocycles. The van der Waals surface area contributed by atoms with Gasteiger partial charge in [0.2, 0.25) is 0 Å². The molecule has 0 radical (unpaired) electrons. The van der Waals surface area contributed by atoms with E-state index >= 15 is 0 Å². The summed E-state index contributed by atoms with van der Waals surface area (Å²) in [5.41, 5.74) is 12.0. The predicted octanol–water partition coefficient (Wildman–Crippen LogP) is 2.47. The van der Waals surface area contributed by atoms with Crippen LogP contribution >= 0.6 is 12.2 Å². The first kappa shape index (κ1) is 13.2. The van der Waals surface area contributed by atoms with Gasteiger partial charge in [-0.25, -0.2) is 0 Å². The molecule has 0 fully saturated rings. The molecule has 0 saturated carbocycles. The van der Waals surface area contributed by atoms with E-state index in [0.29, 0.717) is 0 Å². The van der Waals surface area contributed by atoms with Crippen LogP contribution in [0.5, 0.6) is 0 Å². The van der Waals surface area contributed by atoms with E-state index in [1.54, 1.807) is 0 Å². The Morgan fingerprint density at radius 3 is 1.35 bits per heavy atom. The maximum Gasteiger partial charge on any atom is 0.160 e. The molecule has 0 bridgehead atoms. The maximum atomic E-state index is 4.62. The van der Waals surface area contributed by atoms with Crippen LogP contribution in [0, 0.1) is 0 Å². The maximum absolute atomic E-state index is 4.62. The van der Waals surface area contributed by atoms with Gasteiger partial charge in [-0.2, -0.15) is 0 Å². The highest BCUT2D eigenvalue weighted by atomic mass is 32.1. The van der Waals surface area contributed by atoms with Crippen molar-refractivity contribution in [3.8, 4) is 0 Å². The average Bonchev–Trinajstić information content (AvgIpc) is 2.31. The molecule has 2 aromatic rings. The number of rotatable bonds is 2. The SMILES string of the molecule is NC(N)=S.c1ccc(Cc2ccccc2)cc1. The Morgan fingerprint density at radius 2 is 1.06 bits per heavy atom. The van der Waals surface area contributed by atoms with Crippen molar-refractivity contribution in [1.29, 1.82) is 0 Å². The van der Waals surface area contributed by atoms with E-state index in [1.807, 2.05) is 0 Å². The molecule has 0 atom stereocenters. The van der Waals surface area contributed by atoms with Gasteiger partial charge < -0.3 is 11.5 Å². The molecule has 2 nitrogen and oxygen atoms in total. The first-order valence-electron chi connectivity index (χ1n) is 5.31. The summed E-state index contributed by atoms with van der Waals surface area (Å²) in [6, 6.07) is 21.1. The van der Waals surface area contributed by atoms with E-state index in [4.69, 9.17) is 0 Å². The van der Waals surface area contributed by atoms with Crippen LogP contribution in [-0.2, 0) is 6.42 Å². The third-order valence-electron chi connectivity index (χ3n) is 2.09. The van der Waals surface area contributed by atoms with Gasteiger partial charge >= 0.3 is 0 Å². The molecule has 0 heterocycles. The number of nitrogens with two attached hydrogens (primary N) is 2. The quantitative estimate of drug-likeness (QED) is 0.798. The van der Waals surface area contributed by atoms with Gasteiger partial charge in [0.05, 0.1) is 0 Å². The zero-order chi connectivity index (χ0) is 12.5. The Hall–Kier alpha value is -1.87. The number of thiocarbonyl (C=S) groups is 1. The van der Waals surface area contributed by atoms with Gasteiger partial charge in [0, 0.05) is 0 Å². The highest BCUT2D eigenvalue weighted by Gasteiger charge is 1.92. The highest BCUT2D eigenvalue weighted by Crippen LogP contribution is 2.07. The van der Waals surface area contributed by atoms with Crippen LogP contribution in [0.15, 0.2) is 60.7 Å². The van der Waals surface area contributed by atoms with Crippen LogP contribution in [0.2, 0.25) is 0 Å². The first-order chi connectivity index (χ1) is 8.18. The summed E-state index contributed by atoms with van der Waals surface area (Å²) in [4.78, 5) is 0. The van der Waals surface area contributed by atoms with Crippen LogP contribution in [0.25, 0.3) is 0 Å². The molecule has 17 heavy (non-hydrogen) atoms. The topological polar surface area (TPSA) is 52.0 Å². The molecular weight excluding hydrogens is 228 g/mol. The van der Waals surface area contributed by atoms with Gasteiger partial charge in [0.15, 0.2) is 5.11 Å². The summed E-state index contributed by atoms with van der Waals surface area (Å²) >= 11 is 4.09. The van der Waals surface area contributed by atoms with E-state index in [0.717, 1.165) is 6.42 Å². The molecule has 0 spiro atoms. The van der Waals surface area contributed by atoms with Gasteiger partial charge in [-0.15, -0.1) is 0 Å². The van der Waals surface area contributed by atoms with Crippen molar-refractivity contribution in [3.05, 3.63) is 71.8 Å². The summed E-state index contributed by atoms with van der Waals surface area (Å²) < 4.78 is 0. The van der Waals surface area contributed by atoms with Crippen LogP contribution in [-0.4, -0.2) is 5.11 Å². The Labute approximate surface area is 107 Å². The normalized spacial score (nSPS) is 8.94. The molecule has 4 N–H and O–H groups in total. The molecule has 3 heteroatoms. The second-order valence-corrected chi connectivity index (χ2v) is 4.02. The van der Waals surface area contributed by atoms with Crippen LogP contribution in [0.1, 0.15) is 11.1 Å². The Morgan fingerprint density at radius 1 is 0.765 bits per heavy atom.